The summed E-state index contributed by atoms with van der Waals surface area (Å²) in [5.41, 5.74) is 3.26. The second-order valence-electron chi connectivity index (χ2n) is 6.73. The maximum atomic E-state index is 13.0. The van der Waals surface area contributed by atoms with Crippen molar-refractivity contribution in [2.24, 2.45) is 0 Å². The molecule has 0 fully saturated rings. The third-order valence-corrected chi connectivity index (χ3v) is 6.43. The van der Waals surface area contributed by atoms with Crippen molar-refractivity contribution >= 4 is 10.0 Å². The van der Waals surface area contributed by atoms with Gasteiger partial charge in [0.2, 0.25) is 21.7 Å². The van der Waals surface area contributed by atoms with Gasteiger partial charge < -0.3 is 9.26 Å². The highest BCUT2D eigenvalue weighted by Gasteiger charge is 2.26. The van der Waals surface area contributed by atoms with E-state index < -0.39 is 10.0 Å². The van der Waals surface area contributed by atoms with E-state index >= 15 is 0 Å². The summed E-state index contributed by atoms with van der Waals surface area (Å²) in [6.45, 7) is 5.50. The summed E-state index contributed by atoms with van der Waals surface area (Å²) in [6.07, 6.45) is 0. The van der Waals surface area contributed by atoms with Crippen LogP contribution in [0.4, 0.5) is 0 Å². The van der Waals surface area contributed by atoms with Crippen molar-refractivity contribution in [1.29, 1.82) is 0 Å². The summed E-state index contributed by atoms with van der Waals surface area (Å²) < 4.78 is 37.8. The van der Waals surface area contributed by atoms with Crippen molar-refractivity contribution in [3.8, 4) is 17.1 Å². The van der Waals surface area contributed by atoms with Crippen LogP contribution < -0.4 is 4.74 Å². The minimum atomic E-state index is -3.73. The van der Waals surface area contributed by atoms with Crippen LogP contribution in [0, 0.1) is 20.8 Å². The van der Waals surface area contributed by atoms with Crippen LogP contribution in [-0.2, 0) is 16.6 Å². The molecule has 1 heterocycles. The van der Waals surface area contributed by atoms with Gasteiger partial charge in [-0.1, -0.05) is 28.9 Å². The zero-order valence-corrected chi connectivity index (χ0v) is 17.4. The third-order valence-electron chi connectivity index (χ3n) is 4.48. The molecule has 0 saturated carbocycles. The number of hydrogen-bond donors (Lipinski definition) is 0. The number of benzene rings is 2. The predicted octanol–water partition coefficient (Wildman–Crippen LogP) is 3.49. The normalized spacial score (nSPS) is 11.8. The van der Waals surface area contributed by atoms with Gasteiger partial charge in [-0.3, -0.25) is 0 Å². The molecule has 7 nitrogen and oxygen atoms in total. The Balaban J connectivity index is 1.85. The van der Waals surface area contributed by atoms with E-state index in [2.05, 4.69) is 10.1 Å². The van der Waals surface area contributed by atoms with Crippen molar-refractivity contribution in [2.75, 3.05) is 14.2 Å². The van der Waals surface area contributed by atoms with E-state index in [9.17, 15) is 8.42 Å². The molecule has 0 radical (unpaired) electrons. The molecule has 0 aliphatic carbocycles. The lowest BCUT2D eigenvalue weighted by Crippen LogP contribution is -2.27. The number of rotatable bonds is 6. The minimum Gasteiger partial charge on any atom is -0.496 e. The fourth-order valence-electron chi connectivity index (χ4n) is 2.92. The molecule has 0 aliphatic rings. The van der Waals surface area contributed by atoms with Gasteiger partial charge in [0.05, 0.1) is 18.6 Å². The van der Waals surface area contributed by atoms with Gasteiger partial charge in [-0.15, -0.1) is 0 Å². The standard InChI is InChI=1S/C20H23N3O4S/c1-13-7-6-8-16(9-13)20-21-19(27-22-20)12-23(4)28(24,25)18-11-14(2)17(26-5)10-15(18)3/h6-11H,12H2,1-5H3. The molecule has 0 amide bonds. The Hall–Kier alpha value is -2.71. The molecule has 3 rings (SSSR count). The van der Waals surface area contributed by atoms with Gasteiger partial charge in [-0.2, -0.15) is 9.29 Å². The Morgan fingerprint density at radius 1 is 1.11 bits per heavy atom. The van der Waals surface area contributed by atoms with Gasteiger partial charge in [0.1, 0.15) is 5.75 Å². The minimum absolute atomic E-state index is 0.0222. The van der Waals surface area contributed by atoms with Crippen molar-refractivity contribution in [3.05, 3.63) is 59.0 Å². The molecule has 2 aromatic carbocycles. The van der Waals surface area contributed by atoms with Gasteiger partial charge in [0, 0.05) is 12.6 Å². The zero-order valence-electron chi connectivity index (χ0n) is 16.6. The van der Waals surface area contributed by atoms with E-state index in [-0.39, 0.29) is 17.3 Å². The van der Waals surface area contributed by atoms with Crippen LogP contribution in [0.15, 0.2) is 45.8 Å². The number of nitrogens with zero attached hydrogens (tertiary/aromatic N) is 3. The number of sulfonamides is 1. The van der Waals surface area contributed by atoms with E-state index in [1.54, 1.807) is 26.2 Å². The lowest BCUT2D eigenvalue weighted by atomic mass is 10.1. The molecule has 0 atom stereocenters. The molecule has 0 unspecified atom stereocenters. The number of aromatic nitrogens is 2. The maximum Gasteiger partial charge on any atom is 0.243 e. The largest absolute Gasteiger partial charge is 0.496 e. The molecule has 0 saturated heterocycles. The molecule has 0 aliphatic heterocycles. The summed E-state index contributed by atoms with van der Waals surface area (Å²) in [5.74, 6) is 1.31. The maximum absolute atomic E-state index is 13.0. The smallest absolute Gasteiger partial charge is 0.243 e. The Kier molecular flexibility index (Phi) is 5.53. The van der Waals surface area contributed by atoms with Crippen LogP contribution in [0.2, 0.25) is 0 Å². The Bertz CT molecular complexity index is 1110. The van der Waals surface area contributed by atoms with E-state index in [4.69, 9.17) is 9.26 Å². The summed E-state index contributed by atoms with van der Waals surface area (Å²) in [4.78, 5) is 4.56. The molecule has 148 valence electrons. The van der Waals surface area contributed by atoms with Crippen LogP contribution in [0.3, 0.4) is 0 Å². The Morgan fingerprint density at radius 2 is 1.86 bits per heavy atom. The van der Waals surface area contributed by atoms with Crippen molar-refractivity contribution < 1.29 is 17.7 Å². The highest BCUT2D eigenvalue weighted by Crippen LogP contribution is 2.28. The fraction of sp³-hybridized carbons (Fsp3) is 0.300. The van der Waals surface area contributed by atoms with Gasteiger partial charge in [-0.25, -0.2) is 8.42 Å². The molecule has 0 spiro atoms. The lowest BCUT2D eigenvalue weighted by Gasteiger charge is -2.18. The SMILES string of the molecule is COc1cc(C)c(S(=O)(=O)N(C)Cc2nc(-c3cccc(C)c3)no2)cc1C. The summed E-state index contributed by atoms with van der Waals surface area (Å²) in [7, 11) is -0.677. The topological polar surface area (TPSA) is 85.5 Å². The van der Waals surface area contributed by atoms with Crippen LogP contribution in [0.1, 0.15) is 22.6 Å². The number of aryl methyl sites for hydroxylation is 3. The molecular formula is C20H23N3O4S. The second-order valence-corrected chi connectivity index (χ2v) is 8.74. The molecule has 0 N–H and O–H groups in total. The fourth-order valence-corrected chi connectivity index (χ4v) is 4.33. The van der Waals surface area contributed by atoms with Crippen molar-refractivity contribution in [1.82, 2.24) is 14.4 Å². The van der Waals surface area contributed by atoms with Crippen molar-refractivity contribution in [3.63, 3.8) is 0 Å². The average molecular weight is 401 g/mol. The molecular weight excluding hydrogens is 378 g/mol. The first kappa shape index (κ1) is 20.0. The highest BCUT2D eigenvalue weighted by molar-refractivity contribution is 7.89. The number of ether oxygens (including phenoxy) is 1. The van der Waals surface area contributed by atoms with Crippen molar-refractivity contribution in [2.45, 2.75) is 32.2 Å². The monoisotopic (exact) mass is 401 g/mol. The number of hydrogen-bond acceptors (Lipinski definition) is 6. The van der Waals surface area contributed by atoms with E-state index in [1.807, 2.05) is 38.1 Å². The first-order valence-electron chi connectivity index (χ1n) is 8.73. The van der Waals surface area contributed by atoms with Gasteiger partial charge in [-0.05, 0) is 50.1 Å². The van der Waals surface area contributed by atoms with Crippen LogP contribution in [-0.4, -0.2) is 37.0 Å². The van der Waals surface area contributed by atoms with Crippen LogP contribution >= 0.6 is 0 Å². The first-order chi connectivity index (χ1) is 13.2. The molecule has 1 aromatic heterocycles. The zero-order chi connectivity index (χ0) is 20.5. The average Bonchev–Trinajstić information content (AvgIpc) is 3.11. The second kappa shape index (κ2) is 7.73. The third kappa shape index (κ3) is 3.93. The quantitative estimate of drug-likeness (QED) is 0.628. The van der Waals surface area contributed by atoms with E-state index in [0.717, 1.165) is 16.7 Å². The summed E-state index contributed by atoms with van der Waals surface area (Å²) >= 11 is 0. The van der Waals surface area contributed by atoms with Crippen LogP contribution in [0.25, 0.3) is 11.4 Å². The molecule has 0 bridgehead atoms. The predicted molar refractivity (Wildman–Crippen MR) is 106 cm³/mol. The highest BCUT2D eigenvalue weighted by atomic mass is 32.2. The Labute approximate surface area is 165 Å². The van der Waals surface area contributed by atoms with Gasteiger partial charge >= 0.3 is 0 Å². The molecule has 28 heavy (non-hydrogen) atoms. The first-order valence-corrected chi connectivity index (χ1v) is 10.2. The van der Waals surface area contributed by atoms with Gasteiger partial charge in [0.15, 0.2) is 0 Å². The van der Waals surface area contributed by atoms with E-state index in [0.29, 0.717) is 17.1 Å². The van der Waals surface area contributed by atoms with Crippen LogP contribution in [0.5, 0.6) is 5.75 Å². The summed E-state index contributed by atoms with van der Waals surface area (Å²) in [6, 6.07) is 11.0. The van der Waals surface area contributed by atoms with Gasteiger partial charge in [0.25, 0.3) is 0 Å². The van der Waals surface area contributed by atoms with E-state index in [1.165, 1.54) is 11.4 Å². The lowest BCUT2D eigenvalue weighted by molar-refractivity contribution is 0.336. The number of methoxy groups -OCH3 is 1. The molecule has 3 aromatic rings. The summed E-state index contributed by atoms with van der Waals surface area (Å²) in [5, 5.41) is 3.97. The Morgan fingerprint density at radius 3 is 2.54 bits per heavy atom. The molecule has 8 heteroatoms.